The molecule has 0 saturated carbocycles. The van der Waals surface area contributed by atoms with Gasteiger partial charge in [0.2, 0.25) is 0 Å². The predicted molar refractivity (Wildman–Crippen MR) is 57.3 cm³/mol. The van der Waals surface area contributed by atoms with Crippen molar-refractivity contribution in [1.29, 1.82) is 0 Å². The molecule has 2 nitrogen and oxygen atoms in total. The van der Waals surface area contributed by atoms with Gasteiger partial charge in [-0.05, 0) is 12.0 Å². The van der Waals surface area contributed by atoms with Crippen LogP contribution in [0.3, 0.4) is 0 Å². The number of ketones is 1. The number of carbonyl (C=O) groups excluding carboxylic acids is 1. The third-order valence-corrected chi connectivity index (χ3v) is 2.34. The molecular formula is C10H12BrNO. The molecule has 2 N–H and O–H groups in total. The lowest BCUT2D eigenvalue weighted by Crippen LogP contribution is -2.21. The van der Waals surface area contributed by atoms with E-state index in [0.717, 1.165) is 17.5 Å². The van der Waals surface area contributed by atoms with Gasteiger partial charge < -0.3 is 5.73 Å². The van der Waals surface area contributed by atoms with Gasteiger partial charge in [0.25, 0.3) is 0 Å². The zero-order valence-corrected chi connectivity index (χ0v) is 8.91. The summed E-state index contributed by atoms with van der Waals surface area (Å²) < 4.78 is 0. The van der Waals surface area contributed by atoms with Gasteiger partial charge in [0.05, 0.1) is 0 Å². The van der Waals surface area contributed by atoms with Crippen molar-refractivity contribution in [1.82, 2.24) is 0 Å². The molecule has 3 heteroatoms. The molecule has 1 unspecified atom stereocenters. The van der Waals surface area contributed by atoms with Crippen LogP contribution in [0.2, 0.25) is 0 Å². The van der Waals surface area contributed by atoms with Gasteiger partial charge in [0.1, 0.15) is 0 Å². The van der Waals surface area contributed by atoms with Crippen molar-refractivity contribution >= 4 is 22.8 Å². The second kappa shape index (κ2) is 4.03. The number of fused-ring (bicyclic) bond motifs is 1. The van der Waals surface area contributed by atoms with E-state index in [2.05, 4.69) is 0 Å². The van der Waals surface area contributed by atoms with E-state index in [0.29, 0.717) is 6.42 Å². The summed E-state index contributed by atoms with van der Waals surface area (Å²) in [4.78, 5) is 11.4. The molecule has 0 spiro atoms. The van der Waals surface area contributed by atoms with Crippen LogP contribution in [0.15, 0.2) is 24.3 Å². The summed E-state index contributed by atoms with van der Waals surface area (Å²) in [5, 5.41) is 0. The fraction of sp³-hybridized carbons (Fsp3) is 0.300. The molecule has 0 heterocycles. The van der Waals surface area contributed by atoms with Crippen LogP contribution >= 0.6 is 17.0 Å². The first kappa shape index (κ1) is 10.4. The molecule has 0 radical (unpaired) electrons. The van der Waals surface area contributed by atoms with E-state index in [-0.39, 0.29) is 28.8 Å². The number of Topliss-reactive ketones (excluding diaryl/α,β-unsaturated/α-hetero) is 1. The molecule has 0 bridgehead atoms. The average molecular weight is 242 g/mol. The number of nitrogens with two attached hydrogens (primary N) is 1. The van der Waals surface area contributed by atoms with E-state index < -0.39 is 0 Å². The monoisotopic (exact) mass is 241 g/mol. The molecule has 0 saturated heterocycles. The average Bonchev–Trinajstić information content (AvgIpc) is 2.12. The van der Waals surface area contributed by atoms with Gasteiger partial charge in [-0.25, -0.2) is 0 Å². The minimum atomic E-state index is 0. The Morgan fingerprint density at radius 2 is 2.00 bits per heavy atom. The van der Waals surface area contributed by atoms with Crippen molar-refractivity contribution in [3.8, 4) is 0 Å². The zero-order valence-electron chi connectivity index (χ0n) is 7.19. The third kappa shape index (κ3) is 1.81. The van der Waals surface area contributed by atoms with Crippen molar-refractivity contribution in [2.45, 2.75) is 18.9 Å². The molecule has 1 aromatic rings. The van der Waals surface area contributed by atoms with Gasteiger partial charge >= 0.3 is 0 Å². The van der Waals surface area contributed by atoms with E-state index >= 15 is 0 Å². The Morgan fingerprint density at radius 1 is 1.31 bits per heavy atom. The molecule has 0 fully saturated rings. The molecule has 2 rings (SSSR count). The molecule has 1 aliphatic rings. The van der Waals surface area contributed by atoms with Crippen molar-refractivity contribution in [3.05, 3.63) is 35.4 Å². The van der Waals surface area contributed by atoms with E-state index in [1.165, 1.54) is 0 Å². The first-order valence-electron chi connectivity index (χ1n) is 4.17. The normalized spacial score (nSPS) is 20.4. The van der Waals surface area contributed by atoms with Crippen molar-refractivity contribution < 1.29 is 4.79 Å². The standard InChI is InChI=1S/C10H11NO.BrH/c11-9-5-6-10(12)8-4-2-1-3-7(8)9;/h1-4,9H,5-6,11H2;1H. The van der Waals surface area contributed by atoms with Crippen LogP contribution in [-0.2, 0) is 0 Å². The highest BCUT2D eigenvalue weighted by Gasteiger charge is 2.21. The largest absolute Gasteiger partial charge is 0.324 e. The third-order valence-electron chi connectivity index (χ3n) is 2.34. The van der Waals surface area contributed by atoms with Crippen molar-refractivity contribution in [3.63, 3.8) is 0 Å². The summed E-state index contributed by atoms with van der Waals surface area (Å²) in [6.45, 7) is 0. The summed E-state index contributed by atoms with van der Waals surface area (Å²) in [6.07, 6.45) is 1.38. The minimum Gasteiger partial charge on any atom is -0.324 e. The van der Waals surface area contributed by atoms with Gasteiger partial charge in [0.15, 0.2) is 5.78 Å². The van der Waals surface area contributed by atoms with Gasteiger partial charge in [0, 0.05) is 18.0 Å². The van der Waals surface area contributed by atoms with E-state index in [4.69, 9.17) is 5.73 Å². The lowest BCUT2D eigenvalue weighted by molar-refractivity contribution is 0.0967. The highest BCUT2D eigenvalue weighted by molar-refractivity contribution is 8.93. The Balaban J connectivity index is 0.000000845. The number of carbonyl (C=O) groups is 1. The number of hydrogen-bond donors (Lipinski definition) is 1. The Hall–Kier alpha value is -0.670. The molecule has 13 heavy (non-hydrogen) atoms. The second-order valence-corrected chi connectivity index (χ2v) is 3.16. The fourth-order valence-corrected chi connectivity index (χ4v) is 1.65. The Morgan fingerprint density at radius 3 is 2.69 bits per heavy atom. The number of hydrogen-bond acceptors (Lipinski definition) is 2. The van der Waals surface area contributed by atoms with E-state index in [1.54, 1.807) is 0 Å². The van der Waals surface area contributed by atoms with Crippen LogP contribution in [0.5, 0.6) is 0 Å². The molecule has 0 aromatic heterocycles. The summed E-state index contributed by atoms with van der Waals surface area (Å²) in [7, 11) is 0. The molecule has 1 atom stereocenters. The quantitative estimate of drug-likeness (QED) is 0.758. The maximum atomic E-state index is 11.4. The maximum Gasteiger partial charge on any atom is 0.163 e. The SMILES string of the molecule is Br.NC1CCC(=O)c2ccccc21. The summed E-state index contributed by atoms with van der Waals surface area (Å²) in [5.41, 5.74) is 7.68. The van der Waals surface area contributed by atoms with E-state index in [1.807, 2.05) is 24.3 Å². The van der Waals surface area contributed by atoms with Crippen LogP contribution in [0.1, 0.15) is 34.8 Å². The van der Waals surface area contributed by atoms with Crippen LogP contribution in [0.25, 0.3) is 0 Å². The second-order valence-electron chi connectivity index (χ2n) is 3.16. The topological polar surface area (TPSA) is 43.1 Å². The molecular weight excluding hydrogens is 230 g/mol. The maximum absolute atomic E-state index is 11.4. The first-order chi connectivity index (χ1) is 5.79. The van der Waals surface area contributed by atoms with Crippen LogP contribution in [0.4, 0.5) is 0 Å². The lowest BCUT2D eigenvalue weighted by Gasteiger charge is -2.20. The number of halogens is 1. The molecule has 0 aliphatic heterocycles. The fourth-order valence-electron chi connectivity index (χ4n) is 1.65. The van der Waals surface area contributed by atoms with Crippen molar-refractivity contribution in [2.75, 3.05) is 0 Å². The predicted octanol–water partition coefficient (Wildman–Crippen LogP) is 2.24. The van der Waals surface area contributed by atoms with Crippen LogP contribution in [0, 0.1) is 0 Å². The minimum absolute atomic E-state index is 0. The summed E-state index contributed by atoms with van der Waals surface area (Å²) >= 11 is 0. The summed E-state index contributed by atoms with van der Waals surface area (Å²) in [5.74, 6) is 0.229. The smallest absolute Gasteiger partial charge is 0.163 e. The highest BCUT2D eigenvalue weighted by atomic mass is 79.9. The zero-order chi connectivity index (χ0) is 8.55. The van der Waals surface area contributed by atoms with Gasteiger partial charge in [-0.2, -0.15) is 0 Å². The van der Waals surface area contributed by atoms with Gasteiger partial charge in [-0.15, -0.1) is 17.0 Å². The van der Waals surface area contributed by atoms with Crippen LogP contribution < -0.4 is 5.73 Å². The Labute approximate surface area is 87.9 Å². The first-order valence-corrected chi connectivity index (χ1v) is 4.17. The van der Waals surface area contributed by atoms with Gasteiger partial charge in [-0.3, -0.25) is 4.79 Å². The van der Waals surface area contributed by atoms with Gasteiger partial charge in [-0.1, -0.05) is 24.3 Å². The van der Waals surface area contributed by atoms with E-state index in [9.17, 15) is 4.79 Å². The highest BCUT2D eigenvalue weighted by Crippen LogP contribution is 2.27. The summed E-state index contributed by atoms with van der Waals surface area (Å²) in [6, 6.07) is 7.67. The van der Waals surface area contributed by atoms with Crippen molar-refractivity contribution in [2.24, 2.45) is 5.73 Å². The molecule has 70 valence electrons. The lowest BCUT2D eigenvalue weighted by atomic mass is 9.87. The Kier molecular flexibility index (Phi) is 3.22. The molecule has 1 aromatic carbocycles. The molecule has 0 amide bonds. The molecule has 1 aliphatic carbocycles. The van der Waals surface area contributed by atoms with Crippen LogP contribution in [-0.4, -0.2) is 5.78 Å². The Bertz CT molecular complexity index is 324. The number of benzene rings is 1. The number of rotatable bonds is 0.